The molecular formula is C22H29N5O3. The zero-order valence-corrected chi connectivity index (χ0v) is 18.0. The monoisotopic (exact) mass is 411 g/mol. The number of carbonyl (C=O) groups is 2. The molecule has 0 spiro atoms. The zero-order chi connectivity index (χ0) is 21.7. The van der Waals surface area contributed by atoms with Crippen molar-refractivity contribution in [2.75, 3.05) is 44.7 Å². The third kappa shape index (κ3) is 5.25. The number of benzene rings is 1. The van der Waals surface area contributed by atoms with E-state index in [2.05, 4.69) is 34.0 Å². The average Bonchev–Trinajstić information content (AvgIpc) is 2.77. The maximum Gasteiger partial charge on any atom is 0.251 e. The number of nitrogens with zero attached hydrogens (tertiary/aromatic N) is 4. The van der Waals surface area contributed by atoms with Crippen LogP contribution in [0.15, 0.2) is 30.3 Å². The van der Waals surface area contributed by atoms with Gasteiger partial charge in [0.2, 0.25) is 5.91 Å². The standard InChI is InChI=1S/C22H29N5O3/c1-15(2)21-24-16(3)13-19(25-21)26-9-11-27(12-10-26)20(28)14-23-22(29)17-5-7-18(30-4)8-6-17/h5-8,13,15H,9-12,14H2,1-4H3,(H,23,29). The van der Waals surface area contributed by atoms with Crippen LogP contribution in [0.1, 0.15) is 41.6 Å². The number of carbonyl (C=O) groups excluding carboxylic acids is 2. The molecule has 1 aliphatic heterocycles. The van der Waals surface area contributed by atoms with Gasteiger partial charge in [-0.3, -0.25) is 9.59 Å². The first-order chi connectivity index (χ1) is 14.4. The molecule has 2 heterocycles. The molecule has 3 rings (SSSR count). The fourth-order valence-electron chi connectivity index (χ4n) is 3.29. The van der Waals surface area contributed by atoms with Crippen LogP contribution in [0.4, 0.5) is 5.82 Å². The maximum atomic E-state index is 12.5. The molecule has 0 saturated carbocycles. The summed E-state index contributed by atoms with van der Waals surface area (Å²) < 4.78 is 5.09. The second-order valence-corrected chi connectivity index (χ2v) is 7.66. The van der Waals surface area contributed by atoms with E-state index in [0.29, 0.717) is 37.5 Å². The van der Waals surface area contributed by atoms with Gasteiger partial charge in [-0.1, -0.05) is 13.8 Å². The molecule has 0 bridgehead atoms. The van der Waals surface area contributed by atoms with Gasteiger partial charge in [0, 0.05) is 49.4 Å². The summed E-state index contributed by atoms with van der Waals surface area (Å²) in [7, 11) is 1.57. The normalized spacial score (nSPS) is 14.0. The van der Waals surface area contributed by atoms with Crippen LogP contribution in [-0.2, 0) is 4.79 Å². The summed E-state index contributed by atoms with van der Waals surface area (Å²) in [5.41, 5.74) is 1.44. The Kier molecular flexibility index (Phi) is 6.87. The highest BCUT2D eigenvalue weighted by molar-refractivity contribution is 5.96. The molecule has 2 amide bonds. The molecule has 2 aromatic rings. The molecule has 1 saturated heterocycles. The van der Waals surface area contributed by atoms with E-state index >= 15 is 0 Å². The predicted octanol–water partition coefficient (Wildman–Crippen LogP) is 2.00. The predicted molar refractivity (Wildman–Crippen MR) is 115 cm³/mol. The number of methoxy groups -OCH3 is 1. The first kappa shape index (κ1) is 21.5. The molecule has 0 unspecified atom stereocenters. The van der Waals surface area contributed by atoms with Crippen molar-refractivity contribution in [3.05, 3.63) is 47.4 Å². The molecule has 1 fully saturated rings. The number of anilines is 1. The van der Waals surface area contributed by atoms with E-state index in [1.807, 2.05) is 13.0 Å². The minimum atomic E-state index is -0.276. The Morgan fingerprint density at radius 3 is 2.37 bits per heavy atom. The molecule has 8 nitrogen and oxygen atoms in total. The molecule has 0 atom stereocenters. The van der Waals surface area contributed by atoms with Crippen LogP contribution >= 0.6 is 0 Å². The molecule has 1 aromatic carbocycles. The van der Waals surface area contributed by atoms with Crippen molar-refractivity contribution >= 4 is 17.6 Å². The van der Waals surface area contributed by atoms with Gasteiger partial charge in [0.15, 0.2) is 0 Å². The fraction of sp³-hybridized carbons (Fsp3) is 0.455. The fourth-order valence-corrected chi connectivity index (χ4v) is 3.29. The van der Waals surface area contributed by atoms with Gasteiger partial charge in [0.25, 0.3) is 5.91 Å². The van der Waals surface area contributed by atoms with Crippen molar-refractivity contribution in [2.24, 2.45) is 0 Å². The number of aromatic nitrogens is 2. The van der Waals surface area contributed by atoms with Gasteiger partial charge in [-0.2, -0.15) is 0 Å². The SMILES string of the molecule is COc1ccc(C(=O)NCC(=O)N2CCN(c3cc(C)nc(C(C)C)n3)CC2)cc1. The lowest BCUT2D eigenvalue weighted by Crippen LogP contribution is -2.51. The number of amides is 2. The number of aryl methyl sites for hydroxylation is 1. The third-order valence-corrected chi connectivity index (χ3v) is 5.08. The van der Waals surface area contributed by atoms with Gasteiger partial charge >= 0.3 is 0 Å². The van der Waals surface area contributed by atoms with Crippen LogP contribution in [-0.4, -0.2) is 66.5 Å². The Bertz CT molecular complexity index is 890. The van der Waals surface area contributed by atoms with Crippen LogP contribution in [0.25, 0.3) is 0 Å². The van der Waals surface area contributed by atoms with Crippen molar-refractivity contribution in [1.82, 2.24) is 20.2 Å². The maximum absolute atomic E-state index is 12.5. The number of hydrogen-bond donors (Lipinski definition) is 1. The number of rotatable bonds is 6. The highest BCUT2D eigenvalue weighted by Gasteiger charge is 2.23. The van der Waals surface area contributed by atoms with E-state index in [0.717, 1.165) is 17.3 Å². The third-order valence-electron chi connectivity index (χ3n) is 5.08. The Morgan fingerprint density at radius 2 is 1.77 bits per heavy atom. The van der Waals surface area contributed by atoms with Gasteiger partial charge in [0.05, 0.1) is 13.7 Å². The number of hydrogen-bond acceptors (Lipinski definition) is 6. The molecule has 1 N–H and O–H groups in total. The molecule has 30 heavy (non-hydrogen) atoms. The summed E-state index contributed by atoms with van der Waals surface area (Å²) in [5, 5.41) is 2.70. The minimum Gasteiger partial charge on any atom is -0.497 e. The molecular weight excluding hydrogens is 382 g/mol. The van der Waals surface area contributed by atoms with Gasteiger partial charge in [0.1, 0.15) is 17.4 Å². The van der Waals surface area contributed by atoms with Crippen molar-refractivity contribution in [3.8, 4) is 5.75 Å². The highest BCUT2D eigenvalue weighted by atomic mass is 16.5. The quantitative estimate of drug-likeness (QED) is 0.782. The summed E-state index contributed by atoms with van der Waals surface area (Å²) in [6.45, 7) is 8.70. The van der Waals surface area contributed by atoms with Crippen LogP contribution in [0.5, 0.6) is 5.75 Å². The Balaban J connectivity index is 1.51. The van der Waals surface area contributed by atoms with Crippen molar-refractivity contribution in [2.45, 2.75) is 26.7 Å². The molecule has 0 radical (unpaired) electrons. The number of piperazine rings is 1. The topological polar surface area (TPSA) is 87.7 Å². The summed E-state index contributed by atoms with van der Waals surface area (Å²) in [4.78, 5) is 37.9. The van der Waals surface area contributed by atoms with E-state index in [4.69, 9.17) is 4.74 Å². The zero-order valence-electron chi connectivity index (χ0n) is 18.0. The Hall–Kier alpha value is -3.16. The summed E-state index contributed by atoms with van der Waals surface area (Å²) >= 11 is 0. The van der Waals surface area contributed by atoms with E-state index in [1.54, 1.807) is 36.3 Å². The lowest BCUT2D eigenvalue weighted by atomic mass is 10.2. The van der Waals surface area contributed by atoms with Crippen LogP contribution in [0.3, 0.4) is 0 Å². The van der Waals surface area contributed by atoms with Crippen molar-refractivity contribution in [1.29, 1.82) is 0 Å². The molecule has 0 aliphatic carbocycles. The van der Waals surface area contributed by atoms with E-state index in [9.17, 15) is 9.59 Å². The second kappa shape index (κ2) is 9.56. The molecule has 8 heteroatoms. The molecule has 1 aromatic heterocycles. The largest absolute Gasteiger partial charge is 0.497 e. The summed E-state index contributed by atoms with van der Waals surface area (Å²) in [5.74, 6) is 2.33. The van der Waals surface area contributed by atoms with E-state index in [-0.39, 0.29) is 24.3 Å². The number of ether oxygens (including phenoxy) is 1. The Labute approximate surface area is 177 Å². The van der Waals surface area contributed by atoms with E-state index < -0.39 is 0 Å². The van der Waals surface area contributed by atoms with Gasteiger partial charge < -0.3 is 19.9 Å². The van der Waals surface area contributed by atoms with Crippen LogP contribution in [0, 0.1) is 6.92 Å². The van der Waals surface area contributed by atoms with Gasteiger partial charge in [-0.25, -0.2) is 9.97 Å². The minimum absolute atomic E-state index is 0.0189. The lowest BCUT2D eigenvalue weighted by molar-refractivity contribution is -0.130. The van der Waals surface area contributed by atoms with Gasteiger partial charge in [-0.15, -0.1) is 0 Å². The van der Waals surface area contributed by atoms with Crippen LogP contribution in [0.2, 0.25) is 0 Å². The molecule has 160 valence electrons. The average molecular weight is 412 g/mol. The lowest BCUT2D eigenvalue weighted by Gasteiger charge is -2.35. The Morgan fingerprint density at radius 1 is 1.10 bits per heavy atom. The van der Waals surface area contributed by atoms with Crippen molar-refractivity contribution in [3.63, 3.8) is 0 Å². The van der Waals surface area contributed by atoms with Crippen LogP contribution < -0.4 is 15.0 Å². The highest BCUT2D eigenvalue weighted by Crippen LogP contribution is 2.18. The smallest absolute Gasteiger partial charge is 0.251 e. The first-order valence-electron chi connectivity index (χ1n) is 10.2. The number of nitrogens with one attached hydrogen (secondary N) is 1. The van der Waals surface area contributed by atoms with E-state index in [1.165, 1.54) is 0 Å². The summed E-state index contributed by atoms with van der Waals surface area (Å²) in [6.07, 6.45) is 0. The molecule has 1 aliphatic rings. The van der Waals surface area contributed by atoms with Gasteiger partial charge in [-0.05, 0) is 31.2 Å². The first-order valence-corrected chi connectivity index (χ1v) is 10.2. The summed E-state index contributed by atoms with van der Waals surface area (Å²) in [6, 6.07) is 8.77. The second-order valence-electron chi connectivity index (χ2n) is 7.66. The van der Waals surface area contributed by atoms with Crippen molar-refractivity contribution < 1.29 is 14.3 Å².